The topological polar surface area (TPSA) is 72.3 Å². The van der Waals surface area contributed by atoms with Crippen LogP contribution in [0.25, 0.3) is 0 Å². The maximum absolute atomic E-state index is 13.0. The molecule has 0 aliphatic rings. The molecule has 0 unspecified atom stereocenters. The maximum Gasteiger partial charge on any atom is 0.339 e. The number of aromatic carboxylic acids is 1. The molecule has 0 saturated carbocycles. The minimum atomic E-state index is -1.26. The van der Waals surface area contributed by atoms with Crippen LogP contribution < -0.4 is 4.74 Å². The van der Waals surface area contributed by atoms with Gasteiger partial charge in [0.15, 0.2) is 0 Å². The predicted molar refractivity (Wildman–Crippen MR) is 67.4 cm³/mol. The Morgan fingerprint density at radius 3 is 2.79 bits per heavy atom. The number of rotatable bonds is 4. The summed E-state index contributed by atoms with van der Waals surface area (Å²) in [6.45, 7) is 3.87. The van der Waals surface area contributed by atoms with Crippen molar-refractivity contribution in [3.05, 3.63) is 35.4 Å². The molecule has 0 saturated heterocycles. The summed E-state index contributed by atoms with van der Waals surface area (Å²) in [4.78, 5) is 15.1. The van der Waals surface area contributed by atoms with E-state index < -0.39 is 11.8 Å². The van der Waals surface area contributed by atoms with Crippen LogP contribution in [0, 0.1) is 5.82 Å². The Hall–Kier alpha value is -2.02. The molecule has 1 heterocycles. The number of hydrogen-bond acceptors (Lipinski definition) is 5. The van der Waals surface area contributed by atoms with Crippen LogP contribution in [0.4, 0.5) is 4.39 Å². The van der Waals surface area contributed by atoms with E-state index in [1.165, 1.54) is 6.07 Å². The zero-order valence-corrected chi connectivity index (χ0v) is 11.1. The molecule has 0 bridgehead atoms. The van der Waals surface area contributed by atoms with Gasteiger partial charge in [0.25, 0.3) is 5.19 Å². The normalized spacial score (nSPS) is 10.7. The summed E-state index contributed by atoms with van der Waals surface area (Å²) in [5.41, 5.74) is -0.249. The Labute approximate surface area is 112 Å². The van der Waals surface area contributed by atoms with Crippen molar-refractivity contribution >= 4 is 17.5 Å². The molecule has 0 radical (unpaired) electrons. The van der Waals surface area contributed by atoms with E-state index in [1.807, 2.05) is 13.8 Å². The van der Waals surface area contributed by atoms with Gasteiger partial charge in [-0.15, -0.1) is 0 Å². The average molecular weight is 282 g/mol. The fraction of sp³-hybridized carbons (Fsp3) is 0.250. The molecule has 1 aromatic heterocycles. The van der Waals surface area contributed by atoms with E-state index >= 15 is 0 Å². The van der Waals surface area contributed by atoms with Crippen molar-refractivity contribution in [2.75, 3.05) is 0 Å². The molecule has 1 N–H and O–H groups in total. The summed E-state index contributed by atoms with van der Waals surface area (Å²) in [5, 5.41) is 9.22. The number of halogens is 1. The quantitative estimate of drug-likeness (QED) is 0.931. The Morgan fingerprint density at radius 1 is 1.47 bits per heavy atom. The van der Waals surface area contributed by atoms with Crippen LogP contribution in [-0.2, 0) is 0 Å². The summed E-state index contributed by atoms with van der Waals surface area (Å²) in [6.07, 6.45) is 0. The van der Waals surface area contributed by atoms with Crippen LogP contribution in [0.3, 0.4) is 0 Å². The van der Waals surface area contributed by atoms with Crippen molar-refractivity contribution < 1.29 is 19.0 Å². The van der Waals surface area contributed by atoms with Crippen LogP contribution in [0.1, 0.15) is 35.9 Å². The second-order valence-electron chi connectivity index (χ2n) is 4.12. The summed E-state index contributed by atoms with van der Waals surface area (Å²) in [5.74, 6) is -1.08. The average Bonchev–Trinajstić information content (AvgIpc) is 2.80. The van der Waals surface area contributed by atoms with Crippen molar-refractivity contribution in [3.8, 4) is 10.9 Å². The third-order valence-corrected chi connectivity index (χ3v) is 2.92. The van der Waals surface area contributed by atoms with Gasteiger partial charge in [0.1, 0.15) is 23.0 Å². The summed E-state index contributed by atoms with van der Waals surface area (Å²) in [7, 11) is 0. The number of carboxylic acid groups (broad SMARTS) is 1. The smallest absolute Gasteiger partial charge is 0.339 e. The second-order valence-corrected chi connectivity index (χ2v) is 4.84. The third kappa shape index (κ3) is 3.05. The van der Waals surface area contributed by atoms with Crippen molar-refractivity contribution in [2.45, 2.75) is 19.8 Å². The minimum absolute atomic E-state index is 0.0420. The molecule has 1 aromatic carbocycles. The standard InChI is InChI=1S/C12H11FN2O3S/c1-6(2)10-14-12(19-15-10)18-9-4-3-7(13)5-8(9)11(16)17/h3-6H,1-2H3,(H,16,17). The Kier molecular flexibility index (Phi) is 3.75. The molecule has 0 fully saturated rings. The Morgan fingerprint density at radius 2 is 2.21 bits per heavy atom. The van der Waals surface area contributed by atoms with Gasteiger partial charge in [-0.05, 0) is 18.2 Å². The highest BCUT2D eigenvalue weighted by Crippen LogP contribution is 2.28. The summed E-state index contributed by atoms with van der Waals surface area (Å²) in [6, 6.07) is 3.30. The lowest BCUT2D eigenvalue weighted by Gasteiger charge is -2.05. The molecule has 2 rings (SSSR count). The molecular weight excluding hydrogens is 271 g/mol. The molecule has 0 aliphatic heterocycles. The first-order chi connectivity index (χ1) is 8.97. The van der Waals surface area contributed by atoms with Gasteiger partial charge in [-0.25, -0.2) is 9.18 Å². The molecular formula is C12H11FN2O3S. The lowest BCUT2D eigenvalue weighted by Crippen LogP contribution is -2.00. The molecule has 0 aliphatic carbocycles. The molecule has 0 amide bonds. The fourth-order valence-corrected chi connectivity index (χ4v) is 2.03. The van der Waals surface area contributed by atoms with E-state index in [2.05, 4.69) is 9.36 Å². The molecule has 0 spiro atoms. The van der Waals surface area contributed by atoms with Gasteiger partial charge >= 0.3 is 5.97 Å². The van der Waals surface area contributed by atoms with E-state index in [9.17, 15) is 9.18 Å². The third-order valence-electron chi connectivity index (χ3n) is 2.31. The lowest BCUT2D eigenvalue weighted by atomic mass is 10.2. The largest absolute Gasteiger partial charge is 0.478 e. The first-order valence-corrected chi connectivity index (χ1v) is 6.29. The number of ether oxygens (including phenoxy) is 1. The SMILES string of the molecule is CC(C)c1nsc(Oc2ccc(F)cc2C(=O)O)n1. The first kappa shape index (κ1) is 13.4. The highest BCUT2D eigenvalue weighted by molar-refractivity contribution is 7.07. The van der Waals surface area contributed by atoms with Gasteiger partial charge in [0.05, 0.1) is 0 Å². The van der Waals surface area contributed by atoms with Crippen LogP contribution >= 0.6 is 11.5 Å². The zero-order chi connectivity index (χ0) is 14.0. The minimum Gasteiger partial charge on any atom is -0.478 e. The molecule has 2 aromatic rings. The van der Waals surface area contributed by atoms with Gasteiger partial charge in [-0.1, -0.05) is 13.8 Å². The first-order valence-electron chi connectivity index (χ1n) is 5.51. The van der Waals surface area contributed by atoms with E-state index in [4.69, 9.17) is 9.84 Å². The van der Waals surface area contributed by atoms with Crippen molar-refractivity contribution in [1.29, 1.82) is 0 Å². The molecule has 19 heavy (non-hydrogen) atoms. The zero-order valence-electron chi connectivity index (χ0n) is 10.3. The van der Waals surface area contributed by atoms with Crippen LogP contribution in [-0.4, -0.2) is 20.4 Å². The molecule has 7 heteroatoms. The summed E-state index contributed by atoms with van der Waals surface area (Å²) >= 11 is 1.03. The van der Waals surface area contributed by atoms with Gasteiger partial charge in [0, 0.05) is 17.5 Å². The molecule has 0 atom stereocenters. The number of carboxylic acids is 1. The highest BCUT2D eigenvalue weighted by atomic mass is 32.1. The van der Waals surface area contributed by atoms with Gasteiger partial charge < -0.3 is 9.84 Å². The molecule has 100 valence electrons. The van der Waals surface area contributed by atoms with Crippen LogP contribution in [0.15, 0.2) is 18.2 Å². The Balaban J connectivity index is 2.29. The monoisotopic (exact) mass is 282 g/mol. The maximum atomic E-state index is 13.0. The predicted octanol–water partition coefficient (Wildman–Crippen LogP) is 3.29. The number of carbonyl (C=O) groups is 1. The highest BCUT2D eigenvalue weighted by Gasteiger charge is 2.16. The second kappa shape index (κ2) is 5.31. The number of nitrogens with zero attached hydrogens (tertiary/aromatic N) is 2. The Bertz CT molecular complexity index is 613. The van der Waals surface area contributed by atoms with E-state index in [1.54, 1.807) is 0 Å². The number of benzene rings is 1. The van der Waals surface area contributed by atoms with Crippen molar-refractivity contribution in [2.24, 2.45) is 0 Å². The summed E-state index contributed by atoms with van der Waals surface area (Å²) < 4.78 is 22.5. The van der Waals surface area contributed by atoms with Gasteiger partial charge in [0.2, 0.25) is 0 Å². The van der Waals surface area contributed by atoms with Gasteiger partial charge in [-0.2, -0.15) is 9.36 Å². The number of aromatic nitrogens is 2. The number of hydrogen-bond donors (Lipinski definition) is 1. The lowest BCUT2D eigenvalue weighted by molar-refractivity contribution is 0.0693. The van der Waals surface area contributed by atoms with Crippen LogP contribution in [0.2, 0.25) is 0 Å². The van der Waals surface area contributed by atoms with Crippen molar-refractivity contribution in [1.82, 2.24) is 9.36 Å². The van der Waals surface area contributed by atoms with E-state index in [0.717, 1.165) is 23.7 Å². The van der Waals surface area contributed by atoms with E-state index in [0.29, 0.717) is 5.82 Å². The van der Waals surface area contributed by atoms with Gasteiger partial charge in [-0.3, -0.25) is 0 Å². The fourth-order valence-electron chi connectivity index (χ4n) is 1.35. The van der Waals surface area contributed by atoms with Crippen molar-refractivity contribution in [3.63, 3.8) is 0 Å². The van der Waals surface area contributed by atoms with E-state index in [-0.39, 0.29) is 22.4 Å². The molecule has 5 nitrogen and oxygen atoms in total. The van der Waals surface area contributed by atoms with Crippen LogP contribution in [0.5, 0.6) is 10.9 Å².